The van der Waals surface area contributed by atoms with Gasteiger partial charge in [-0.15, -0.1) is 16.4 Å². The van der Waals surface area contributed by atoms with Gasteiger partial charge in [-0.1, -0.05) is 63.2 Å². The molecular weight excluding hydrogens is 1020 g/mol. The smallest absolute Gasteiger partial charge is 0.246 e. The molecule has 3 fully saturated rings. The van der Waals surface area contributed by atoms with Crippen molar-refractivity contribution in [1.82, 2.24) is 45.0 Å². The van der Waals surface area contributed by atoms with Crippen LogP contribution in [0.25, 0.3) is 27.5 Å². The Bertz CT molecular complexity index is 3010. The zero-order valence-electron chi connectivity index (χ0n) is 44.8. The highest BCUT2D eigenvalue weighted by molar-refractivity contribution is 7.13. The van der Waals surface area contributed by atoms with E-state index in [9.17, 15) is 28.7 Å². The molecule has 0 aliphatic carbocycles. The van der Waals surface area contributed by atoms with Gasteiger partial charge in [-0.2, -0.15) is 0 Å². The fraction of sp³-hybridized carbons (Fsp3) is 0.474. The molecule has 0 radical (unpaired) electrons. The van der Waals surface area contributed by atoms with Gasteiger partial charge < -0.3 is 49.6 Å². The molecule has 7 heterocycles. The lowest BCUT2D eigenvalue weighted by molar-refractivity contribution is -0.144. The van der Waals surface area contributed by atoms with Gasteiger partial charge in [0.2, 0.25) is 23.6 Å². The van der Waals surface area contributed by atoms with E-state index in [-0.39, 0.29) is 88.4 Å². The maximum absolute atomic E-state index is 14.1. The Morgan fingerprint density at radius 1 is 0.846 bits per heavy atom. The van der Waals surface area contributed by atoms with Crippen LogP contribution in [0.3, 0.4) is 0 Å². The van der Waals surface area contributed by atoms with E-state index in [2.05, 4.69) is 30.4 Å². The van der Waals surface area contributed by atoms with Crippen LogP contribution in [0.4, 0.5) is 16.0 Å². The first kappa shape index (κ1) is 55.8. The number of halogens is 1. The largest absolute Gasteiger partial charge is 0.391 e. The molecule has 6 aromatic rings. The first-order valence-corrected chi connectivity index (χ1v) is 27.7. The molecular formula is C57H70FN11O8S. The van der Waals surface area contributed by atoms with E-state index < -0.39 is 29.5 Å². The molecule has 0 bridgehead atoms. The molecule has 19 nitrogen and oxygen atoms in total. The number of thiazole rings is 1. The average Bonchev–Trinajstić information content (AvgIpc) is 4.42. The molecule has 3 aliphatic heterocycles. The fourth-order valence-electron chi connectivity index (χ4n) is 10.3. The molecule has 3 N–H and O–H groups in total. The van der Waals surface area contributed by atoms with E-state index in [1.54, 1.807) is 29.7 Å². The van der Waals surface area contributed by atoms with Crippen molar-refractivity contribution in [3.05, 3.63) is 113 Å². The number of carbonyl (C=O) groups excluding carboxylic acids is 4. The summed E-state index contributed by atoms with van der Waals surface area (Å²) in [5, 5.41) is 21.4. The Hall–Kier alpha value is -6.91. The molecule has 78 heavy (non-hydrogen) atoms. The first-order valence-electron chi connectivity index (χ1n) is 26.9. The van der Waals surface area contributed by atoms with Crippen LogP contribution in [0.15, 0.2) is 90.6 Å². The number of ether oxygens (including phenoxy) is 3. The lowest BCUT2D eigenvalue weighted by atomic mass is 9.85. The Balaban J connectivity index is 0.636. The maximum Gasteiger partial charge on any atom is 0.246 e. The van der Waals surface area contributed by atoms with Gasteiger partial charge in [0.15, 0.2) is 5.65 Å². The lowest BCUT2D eigenvalue weighted by Gasteiger charge is -2.35. The van der Waals surface area contributed by atoms with Gasteiger partial charge in [-0.3, -0.25) is 19.2 Å². The molecule has 0 spiro atoms. The van der Waals surface area contributed by atoms with Crippen molar-refractivity contribution in [2.75, 3.05) is 88.7 Å². The van der Waals surface area contributed by atoms with E-state index in [4.69, 9.17) is 24.3 Å². The summed E-state index contributed by atoms with van der Waals surface area (Å²) in [5.74, 6) is 0.212. The van der Waals surface area contributed by atoms with E-state index in [0.29, 0.717) is 45.0 Å². The summed E-state index contributed by atoms with van der Waals surface area (Å²) in [6.07, 6.45) is 3.17. The molecule has 4 amide bonds. The number of pyridine rings is 1. The summed E-state index contributed by atoms with van der Waals surface area (Å²) in [6, 6.07) is 22.7. The van der Waals surface area contributed by atoms with Gasteiger partial charge in [-0.05, 0) is 78.3 Å². The van der Waals surface area contributed by atoms with Crippen molar-refractivity contribution >= 4 is 52.2 Å². The van der Waals surface area contributed by atoms with Crippen LogP contribution < -0.4 is 20.4 Å². The number of carbonyl (C=O) groups is 4. The van der Waals surface area contributed by atoms with Crippen LogP contribution in [-0.4, -0.2) is 160 Å². The summed E-state index contributed by atoms with van der Waals surface area (Å²) in [4.78, 5) is 76.3. The predicted molar refractivity (Wildman–Crippen MR) is 294 cm³/mol. The summed E-state index contributed by atoms with van der Waals surface area (Å²) in [7, 11) is 0. The van der Waals surface area contributed by atoms with Crippen LogP contribution in [0.2, 0.25) is 0 Å². The van der Waals surface area contributed by atoms with Crippen LogP contribution in [0.1, 0.15) is 75.7 Å². The molecule has 414 valence electrons. The number of rotatable bonds is 22. The highest BCUT2D eigenvalue weighted by Crippen LogP contribution is 2.36. The quantitative estimate of drug-likeness (QED) is 0.0668. The van der Waals surface area contributed by atoms with E-state index >= 15 is 0 Å². The number of benzene rings is 2. The number of piperazine rings is 1. The van der Waals surface area contributed by atoms with Crippen LogP contribution in [0, 0.1) is 18.2 Å². The molecule has 4 aromatic heterocycles. The number of fused-ring (bicyclic) bond motifs is 1. The third-order valence-electron chi connectivity index (χ3n) is 14.5. The molecule has 2 aromatic carbocycles. The highest BCUT2D eigenvalue weighted by Gasteiger charge is 2.44. The minimum absolute atomic E-state index is 0.00902. The lowest BCUT2D eigenvalue weighted by Crippen LogP contribution is -2.57. The topological polar surface area (TPSA) is 209 Å². The van der Waals surface area contributed by atoms with Crippen molar-refractivity contribution in [2.24, 2.45) is 5.41 Å². The van der Waals surface area contributed by atoms with E-state index in [0.717, 1.165) is 69.7 Å². The molecule has 3 saturated heterocycles. The van der Waals surface area contributed by atoms with Gasteiger partial charge in [0, 0.05) is 58.7 Å². The van der Waals surface area contributed by atoms with Gasteiger partial charge in [-0.25, -0.2) is 23.9 Å². The van der Waals surface area contributed by atoms with Crippen LogP contribution in [0.5, 0.6) is 0 Å². The van der Waals surface area contributed by atoms with Gasteiger partial charge in [0.05, 0.1) is 86.2 Å². The third kappa shape index (κ3) is 13.8. The second kappa shape index (κ2) is 25.7. The number of nitrogens with zero attached hydrogens (tertiary/aromatic N) is 9. The molecule has 21 heteroatoms. The number of anilines is 2. The Morgan fingerprint density at radius 3 is 2.29 bits per heavy atom. The van der Waals surface area contributed by atoms with Gasteiger partial charge >= 0.3 is 0 Å². The molecule has 0 saturated carbocycles. The number of hydrogen-bond acceptors (Lipinski definition) is 15. The van der Waals surface area contributed by atoms with E-state index in [1.807, 2.05) is 103 Å². The number of aromatic nitrogens is 5. The van der Waals surface area contributed by atoms with E-state index in [1.165, 1.54) is 11.0 Å². The minimum atomic E-state index is -0.944. The highest BCUT2D eigenvalue weighted by atomic mass is 32.1. The average molecular weight is 1090 g/mol. The molecule has 4 atom stereocenters. The van der Waals surface area contributed by atoms with Crippen LogP contribution >= 0.6 is 11.3 Å². The summed E-state index contributed by atoms with van der Waals surface area (Å²) >= 11 is 1.57. The number of aliphatic hydroxyl groups is 1. The predicted octanol–water partition coefficient (Wildman–Crippen LogP) is 5.99. The van der Waals surface area contributed by atoms with Crippen molar-refractivity contribution in [3.8, 4) is 21.8 Å². The fourth-order valence-corrected chi connectivity index (χ4v) is 11.1. The molecule has 3 aliphatic rings. The van der Waals surface area contributed by atoms with Gasteiger partial charge in [0.1, 0.15) is 35.2 Å². The number of imidazole rings is 1. The second-order valence-electron chi connectivity index (χ2n) is 21.0. The maximum atomic E-state index is 14.1. The molecule has 9 rings (SSSR count). The van der Waals surface area contributed by atoms with Gasteiger partial charge in [0.25, 0.3) is 0 Å². The summed E-state index contributed by atoms with van der Waals surface area (Å²) < 4.78 is 32.9. The third-order valence-corrected chi connectivity index (χ3v) is 15.4. The zero-order chi connectivity index (χ0) is 54.8. The number of nitrogens with one attached hydrogen (secondary N) is 2. The van der Waals surface area contributed by atoms with Crippen LogP contribution in [-0.2, 0) is 39.9 Å². The SMILES string of the molecule is Cc1ncsc1-c1ccc(CNC(=O)[C@@H]2C[C@@H](O)CN2C(=O)[C@@H](NC(=O)CCOCCOCCOCCC(=O)N2CCN(c3cccc(-c4cnc5ccc(N6CCCC6c6cccc(F)c6)nn45)n3)CC2)C(C)(C)C)cc1. The van der Waals surface area contributed by atoms with Crippen molar-refractivity contribution < 1.29 is 42.9 Å². The zero-order valence-corrected chi connectivity index (χ0v) is 45.6. The standard InChI is InChI=1S/C57H70FN11O8S/c1-38-53(78-37-61-38)40-15-13-39(14-16-40)34-60-55(73)46-33-43(70)36-68(46)56(74)54(57(2,3)4)63-51(71)19-26-75-28-30-77-31-29-76-27-20-52(72)66-24-22-65(23-25-66)49-12-6-10-44(62-49)47-35-59-48-17-18-50(64-69(47)48)67-21-7-11-45(67)41-8-5-9-42(58)32-41/h5-6,8-10,12-18,32,35,37,43,45-46,54,70H,7,11,19-31,33-34,36H2,1-4H3,(H,60,73)(H,63,71)/t43-,45?,46+,54-/m1/s1. The number of hydrogen-bond donors (Lipinski definition) is 3. The molecule has 1 unspecified atom stereocenters. The number of aryl methyl sites for hydroxylation is 1. The Labute approximate surface area is 458 Å². The minimum Gasteiger partial charge on any atom is -0.391 e. The second-order valence-corrected chi connectivity index (χ2v) is 21.9. The number of likely N-dealkylation sites (tertiary alicyclic amines) is 1. The number of aliphatic hydroxyl groups excluding tert-OH is 1. The van der Waals surface area contributed by atoms with Crippen molar-refractivity contribution in [3.63, 3.8) is 0 Å². The van der Waals surface area contributed by atoms with Crippen molar-refractivity contribution in [2.45, 2.75) is 90.6 Å². The Kier molecular flexibility index (Phi) is 18.4. The summed E-state index contributed by atoms with van der Waals surface area (Å²) in [6.45, 7) is 12.5. The first-order chi connectivity index (χ1) is 37.7. The monoisotopic (exact) mass is 1090 g/mol. The number of β-amino-alcohol motifs (C(OH)–C–C–N with tert-alkyl or cyclic N) is 1. The summed E-state index contributed by atoms with van der Waals surface area (Å²) in [5.41, 5.74) is 7.16. The normalized spacial score (nSPS) is 18.2. The number of amides is 4. The Morgan fingerprint density at radius 2 is 1.58 bits per heavy atom. The van der Waals surface area contributed by atoms with Crippen molar-refractivity contribution in [1.29, 1.82) is 0 Å².